The van der Waals surface area contributed by atoms with Crippen molar-refractivity contribution in [3.8, 4) is 0 Å². The zero-order chi connectivity index (χ0) is 13.3. The average Bonchev–Trinajstić information content (AvgIpc) is 2.69. The van der Waals surface area contributed by atoms with E-state index >= 15 is 0 Å². The molecule has 6 heteroatoms. The molecule has 4 atom stereocenters. The maximum absolute atomic E-state index is 11.1. The van der Waals surface area contributed by atoms with E-state index in [1.165, 1.54) is 6.92 Å². The first-order valence-corrected chi connectivity index (χ1v) is 7.48. The summed E-state index contributed by atoms with van der Waals surface area (Å²) in [7, 11) is 0. The van der Waals surface area contributed by atoms with Crippen molar-refractivity contribution in [2.45, 2.75) is 57.6 Å². The Bertz CT molecular complexity index is 304. The fraction of sp³-hybridized carbons (Fsp3) is 0.917. The van der Waals surface area contributed by atoms with Crippen LogP contribution in [0.15, 0.2) is 0 Å². The third-order valence-electron chi connectivity index (χ3n) is 2.98. The van der Waals surface area contributed by atoms with Crippen LogP contribution >= 0.6 is 11.8 Å². The van der Waals surface area contributed by atoms with Crippen LogP contribution in [0.25, 0.3) is 0 Å². The molecule has 0 aromatic carbocycles. The van der Waals surface area contributed by atoms with Gasteiger partial charge < -0.3 is 18.9 Å². The summed E-state index contributed by atoms with van der Waals surface area (Å²) in [6.45, 7) is 5.16. The third kappa shape index (κ3) is 3.17. The average molecular weight is 276 g/mol. The molecule has 0 aliphatic carbocycles. The predicted molar refractivity (Wildman–Crippen MR) is 67.3 cm³/mol. The second-order valence-corrected chi connectivity index (χ2v) is 5.97. The number of thioether (sulfide) groups is 1. The summed E-state index contributed by atoms with van der Waals surface area (Å²) in [6.07, 6.45) is 1.88. The predicted octanol–water partition coefficient (Wildman–Crippen LogP) is 1.55. The number of esters is 1. The van der Waals surface area contributed by atoms with Gasteiger partial charge in [-0.1, -0.05) is 0 Å². The first-order valence-electron chi connectivity index (χ1n) is 6.08. The fourth-order valence-electron chi connectivity index (χ4n) is 2.37. The highest BCUT2D eigenvalue weighted by molar-refractivity contribution is 7.98. The van der Waals surface area contributed by atoms with E-state index in [0.29, 0.717) is 12.2 Å². The second kappa shape index (κ2) is 5.36. The van der Waals surface area contributed by atoms with Gasteiger partial charge in [0.2, 0.25) is 0 Å². The number of hydrogen-bond donors (Lipinski definition) is 0. The van der Waals surface area contributed by atoms with Crippen molar-refractivity contribution in [2.24, 2.45) is 0 Å². The summed E-state index contributed by atoms with van der Waals surface area (Å²) in [5.74, 6) is -0.152. The highest BCUT2D eigenvalue weighted by Crippen LogP contribution is 2.38. The van der Waals surface area contributed by atoms with Gasteiger partial charge in [-0.3, -0.25) is 4.79 Å². The standard InChI is InChI=1S/C12H20O5S/c1-7(13)14-10(6-18-4)8-5-9-11(15-8)17-12(2,3)16-9/h8-11H,5-6H2,1-4H3/t8-,9+,10-,11+/m0/s1. The Morgan fingerprint density at radius 3 is 2.78 bits per heavy atom. The van der Waals surface area contributed by atoms with Gasteiger partial charge >= 0.3 is 5.97 Å². The summed E-state index contributed by atoms with van der Waals surface area (Å²) in [6, 6.07) is 0. The van der Waals surface area contributed by atoms with E-state index in [2.05, 4.69) is 0 Å². The van der Waals surface area contributed by atoms with Gasteiger partial charge in [-0.15, -0.1) is 0 Å². The van der Waals surface area contributed by atoms with Crippen LogP contribution in [-0.2, 0) is 23.7 Å². The lowest BCUT2D eigenvalue weighted by atomic mass is 10.1. The number of fused-ring (bicyclic) bond motifs is 1. The molecule has 2 aliphatic rings. The molecule has 0 N–H and O–H groups in total. The molecule has 2 heterocycles. The summed E-state index contributed by atoms with van der Waals surface area (Å²) in [5.41, 5.74) is 0. The van der Waals surface area contributed by atoms with E-state index in [9.17, 15) is 4.79 Å². The summed E-state index contributed by atoms with van der Waals surface area (Å²) >= 11 is 1.63. The number of carbonyl (C=O) groups is 1. The molecule has 104 valence electrons. The van der Waals surface area contributed by atoms with Crippen molar-refractivity contribution in [1.82, 2.24) is 0 Å². The minimum absolute atomic E-state index is 0.0649. The first-order chi connectivity index (χ1) is 8.41. The topological polar surface area (TPSA) is 54.0 Å². The van der Waals surface area contributed by atoms with E-state index in [1.54, 1.807) is 11.8 Å². The molecule has 0 amide bonds. The van der Waals surface area contributed by atoms with Gasteiger partial charge in [0.15, 0.2) is 12.1 Å². The maximum atomic E-state index is 11.1. The Hall–Kier alpha value is -0.300. The second-order valence-electron chi connectivity index (χ2n) is 5.06. The molecule has 0 bridgehead atoms. The SMILES string of the molecule is CSC[C@H](OC(C)=O)[C@@H]1C[C@H]2OC(C)(C)O[C@H]2O1. The lowest BCUT2D eigenvalue weighted by Gasteiger charge is -2.25. The van der Waals surface area contributed by atoms with E-state index < -0.39 is 5.79 Å². The van der Waals surface area contributed by atoms with Crippen molar-refractivity contribution in [1.29, 1.82) is 0 Å². The van der Waals surface area contributed by atoms with E-state index in [0.717, 1.165) is 0 Å². The largest absolute Gasteiger partial charge is 0.459 e. The lowest BCUT2D eigenvalue weighted by molar-refractivity contribution is -0.215. The maximum Gasteiger partial charge on any atom is 0.303 e. The smallest absolute Gasteiger partial charge is 0.303 e. The molecular formula is C12H20O5S. The molecule has 0 saturated carbocycles. The molecule has 2 fully saturated rings. The quantitative estimate of drug-likeness (QED) is 0.726. The zero-order valence-electron chi connectivity index (χ0n) is 11.2. The highest BCUT2D eigenvalue weighted by Gasteiger charge is 2.50. The van der Waals surface area contributed by atoms with E-state index in [1.807, 2.05) is 20.1 Å². The number of carbonyl (C=O) groups excluding carboxylic acids is 1. The van der Waals surface area contributed by atoms with Crippen molar-refractivity contribution in [2.75, 3.05) is 12.0 Å². The van der Waals surface area contributed by atoms with Crippen molar-refractivity contribution in [3.63, 3.8) is 0 Å². The van der Waals surface area contributed by atoms with Crippen LogP contribution in [0.3, 0.4) is 0 Å². The minimum atomic E-state index is -0.587. The number of ether oxygens (including phenoxy) is 4. The van der Waals surface area contributed by atoms with Crippen molar-refractivity contribution in [3.05, 3.63) is 0 Å². The van der Waals surface area contributed by atoms with Gasteiger partial charge in [0, 0.05) is 19.1 Å². The summed E-state index contributed by atoms with van der Waals surface area (Å²) in [4.78, 5) is 11.1. The fourth-order valence-corrected chi connectivity index (χ4v) is 2.98. The Kier molecular flexibility index (Phi) is 4.21. The zero-order valence-corrected chi connectivity index (χ0v) is 12.0. The van der Waals surface area contributed by atoms with Crippen LogP contribution in [0.5, 0.6) is 0 Å². The normalized spacial score (nSPS) is 35.2. The molecule has 18 heavy (non-hydrogen) atoms. The Labute approximate surface area is 111 Å². The third-order valence-corrected chi connectivity index (χ3v) is 3.64. The van der Waals surface area contributed by atoms with Gasteiger partial charge in [0.25, 0.3) is 0 Å². The van der Waals surface area contributed by atoms with Crippen LogP contribution < -0.4 is 0 Å². The van der Waals surface area contributed by atoms with Crippen molar-refractivity contribution < 1.29 is 23.7 Å². The monoisotopic (exact) mass is 276 g/mol. The molecule has 5 nitrogen and oxygen atoms in total. The van der Waals surface area contributed by atoms with Gasteiger partial charge in [0.05, 0.1) is 0 Å². The molecule has 0 spiro atoms. The molecule has 0 radical (unpaired) electrons. The number of rotatable bonds is 4. The van der Waals surface area contributed by atoms with Crippen LogP contribution in [0.4, 0.5) is 0 Å². The first kappa shape index (κ1) is 14.1. The van der Waals surface area contributed by atoms with Gasteiger partial charge in [0.1, 0.15) is 18.3 Å². The van der Waals surface area contributed by atoms with Crippen LogP contribution in [-0.4, -0.2) is 48.4 Å². The summed E-state index contributed by atoms with van der Waals surface area (Å²) < 4.78 is 22.5. The Morgan fingerprint density at radius 2 is 2.22 bits per heavy atom. The van der Waals surface area contributed by atoms with Crippen LogP contribution in [0.1, 0.15) is 27.2 Å². The van der Waals surface area contributed by atoms with Crippen LogP contribution in [0.2, 0.25) is 0 Å². The van der Waals surface area contributed by atoms with Gasteiger partial charge in [-0.2, -0.15) is 11.8 Å². The summed E-state index contributed by atoms with van der Waals surface area (Å²) in [5, 5.41) is 0. The van der Waals surface area contributed by atoms with Crippen LogP contribution in [0, 0.1) is 0 Å². The highest BCUT2D eigenvalue weighted by atomic mass is 32.2. The van der Waals surface area contributed by atoms with E-state index in [-0.39, 0.29) is 30.6 Å². The Morgan fingerprint density at radius 1 is 1.50 bits per heavy atom. The molecule has 2 rings (SSSR count). The lowest BCUT2D eigenvalue weighted by Crippen LogP contribution is -2.35. The molecule has 0 aromatic rings. The molecule has 0 aromatic heterocycles. The molecule has 2 aliphatic heterocycles. The minimum Gasteiger partial charge on any atom is -0.459 e. The van der Waals surface area contributed by atoms with E-state index in [4.69, 9.17) is 18.9 Å². The molecule has 2 saturated heterocycles. The van der Waals surface area contributed by atoms with Gasteiger partial charge in [-0.05, 0) is 20.1 Å². The Balaban J connectivity index is 1.93. The van der Waals surface area contributed by atoms with Gasteiger partial charge in [-0.25, -0.2) is 0 Å². The molecule has 0 unspecified atom stereocenters. The number of hydrogen-bond acceptors (Lipinski definition) is 6. The molecular weight excluding hydrogens is 256 g/mol. The van der Waals surface area contributed by atoms with Crippen molar-refractivity contribution >= 4 is 17.7 Å².